The van der Waals surface area contributed by atoms with Crippen molar-refractivity contribution in [2.75, 3.05) is 0 Å². The summed E-state index contributed by atoms with van der Waals surface area (Å²) >= 11 is 0. The quantitative estimate of drug-likeness (QED) is 0.549. The summed E-state index contributed by atoms with van der Waals surface area (Å²) in [6.07, 6.45) is 5.43. The lowest BCUT2D eigenvalue weighted by molar-refractivity contribution is -0.00000521. The Bertz CT molecular complexity index is 720. The first-order chi connectivity index (χ1) is 12.8. The van der Waals surface area contributed by atoms with E-state index in [1.54, 1.807) is 0 Å². The van der Waals surface area contributed by atoms with Gasteiger partial charge in [-0.05, 0) is 61.6 Å². The molecule has 140 valence electrons. The molecule has 0 radical (unpaired) electrons. The molecule has 1 aliphatic carbocycles. The Labute approximate surface area is 175 Å². The molecule has 0 heterocycles. The van der Waals surface area contributed by atoms with E-state index in [0.29, 0.717) is 0 Å². The number of rotatable bonds is 4. The van der Waals surface area contributed by atoms with Crippen LogP contribution in [0.25, 0.3) is 0 Å². The molecule has 1 aliphatic rings. The van der Waals surface area contributed by atoms with Crippen molar-refractivity contribution in [3.05, 3.63) is 91.0 Å². The van der Waals surface area contributed by atoms with Gasteiger partial charge in [0.05, 0.1) is 5.66 Å². The SMILES string of the molecule is CC1CCCC([P+](c2ccccc2)(c2ccccc2)c2ccccc2)C1.[Br-]. The van der Waals surface area contributed by atoms with Crippen molar-refractivity contribution in [1.29, 1.82) is 0 Å². The van der Waals surface area contributed by atoms with Crippen molar-refractivity contribution in [2.24, 2.45) is 5.92 Å². The van der Waals surface area contributed by atoms with Gasteiger partial charge in [0.2, 0.25) is 0 Å². The van der Waals surface area contributed by atoms with Gasteiger partial charge >= 0.3 is 0 Å². The van der Waals surface area contributed by atoms with Gasteiger partial charge in [-0.15, -0.1) is 0 Å². The van der Waals surface area contributed by atoms with E-state index in [-0.39, 0.29) is 17.0 Å². The predicted octanol–water partition coefficient (Wildman–Crippen LogP) is 2.56. The van der Waals surface area contributed by atoms with Crippen molar-refractivity contribution in [2.45, 2.75) is 38.3 Å². The molecular formula is C25H28BrP. The van der Waals surface area contributed by atoms with Gasteiger partial charge in [0.25, 0.3) is 0 Å². The highest BCUT2D eigenvalue weighted by molar-refractivity contribution is 7.96. The van der Waals surface area contributed by atoms with Gasteiger partial charge in [0.15, 0.2) is 0 Å². The van der Waals surface area contributed by atoms with Gasteiger partial charge in [-0.25, -0.2) is 0 Å². The van der Waals surface area contributed by atoms with Crippen LogP contribution < -0.4 is 32.9 Å². The summed E-state index contributed by atoms with van der Waals surface area (Å²) in [4.78, 5) is 0. The van der Waals surface area contributed by atoms with Crippen LogP contribution in [-0.2, 0) is 0 Å². The van der Waals surface area contributed by atoms with Crippen molar-refractivity contribution in [1.82, 2.24) is 0 Å². The number of benzene rings is 3. The average molecular weight is 439 g/mol. The van der Waals surface area contributed by atoms with Gasteiger partial charge in [-0.2, -0.15) is 0 Å². The van der Waals surface area contributed by atoms with E-state index in [9.17, 15) is 0 Å². The zero-order valence-electron chi connectivity index (χ0n) is 16.0. The third kappa shape index (κ3) is 3.91. The maximum Gasteiger partial charge on any atom is 0.115 e. The first-order valence-electron chi connectivity index (χ1n) is 9.87. The maximum atomic E-state index is 2.45. The van der Waals surface area contributed by atoms with Gasteiger partial charge in [-0.3, -0.25) is 0 Å². The molecule has 3 aromatic rings. The molecule has 0 spiro atoms. The van der Waals surface area contributed by atoms with E-state index in [2.05, 4.69) is 97.9 Å². The summed E-state index contributed by atoms with van der Waals surface area (Å²) in [5.41, 5.74) is 0.735. The minimum Gasteiger partial charge on any atom is -1.00 e. The number of hydrogen-bond acceptors (Lipinski definition) is 0. The van der Waals surface area contributed by atoms with Crippen molar-refractivity contribution >= 4 is 23.2 Å². The van der Waals surface area contributed by atoms with Crippen LogP contribution in [0, 0.1) is 5.92 Å². The molecule has 2 heteroatoms. The predicted molar refractivity (Wildman–Crippen MR) is 117 cm³/mol. The highest BCUT2D eigenvalue weighted by atomic mass is 79.9. The van der Waals surface area contributed by atoms with Gasteiger partial charge in [0, 0.05) is 0 Å². The average Bonchev–Trinajstić information content (AvgIpc) is 2.71. The Balaban J connectivity index is 0.00000210. The fourth-order valence-corrected chi connectivity index (χ4v) is 10.2. The molecule has 1 fully saturated rings. The van der Waals surface area contributed by atoms with E-state index in [0.717, 1.165) is 11.6 Å². The molecule has 0 aliphatic heterocycles. The summed E-state index contributed by atoms with van der Waals surface area (Å²) in [5, 5.41) is 4.62. The van der Waals surface area contributed by atoms with Crippen LogP contribution in [0.15, 0.2) is 91.0 Å². The van der Waals surface area contributed by atoms with Gasteiger partial charge in [0.1, 0.15) is 23.2 Å². The largest absolute Gasteiger partial charge is 1.00 e. The second-order valence-electron chi connectivity index (χ2n) is 7.65. The van der Waals surface area contributed by atoms with Crippen molar-refractivity contribution < 1.29 is 17.0 Å². The number of hydrogen-bond donors (Lipinski definition) is 0. The highest BCUT2D eigenvalue weighted by Gasteiger charge is 2.52. The number of halogens is 1. The Morgan fingerprint density at radius 1 is 0.630 bits per heavy atom. The molecule has 2 unspecified atom stereocenters. The molecule has 2 atom stereocenters. The Morgan fingerprint density at radius 2 is 1.04 bits per heavy atom. The highest BCUT2D eigenvalue weighted by Crippen LogP contribution is 2.63. The molecule has 27 heavy (non-hydrogen) atoms. The molecule has 1 saturated carbocycles. The molecule has 0 aromatic heterocycles. The Hall–Kier alpha value is -1.43. The lowest BCUT2D eigenvalue weighted by Crippen LogP contribution is -3.00. The monoisotopic (exact) mass is 438 g/mol. The van der Waals surface area contributed by atoms with E-state index in [1.165, 1.54) is 41.6 Å². The van der Waals surface area contributed by atoms with Crippen LogP contribution in [0.5, 0.6) is 0 Å². The summed E-state index contributed by atoms with van der Waals surface area (Å²) in [7, 11) is -1.67. The van der Waals surface area contributed by atoms with Crippen LogP contribution in [0.1, 0.15) is 32.6 Å². The van der Waals surface area contributed by atoms with E-state index in [1.807, 2.05) is 0 Å². The van der Waals surface area contributed by atoms with Crippen LogP contribution in [0.4, 0.5) is 0 Å². The zero-order valence-corrected chi connectivity index (χ0v) is 18.4. The normalized spacial score (nSPS) is 19.9. The first kappa shape index (κ1) is 20.3. The van der Waals surface area contributed by atoms with Gasteiger partial charge < -0.3 is 17.0 Å². The topological polar surface area (TPSA) is 0 Å². The lowest BCUT2D eigenvalue weighted by Gasteiger charge is -2.38. The van der Waals surface area contributed by atoms with Crippen LogP contribution >= 0.6 is 7.26 Å². The zero-order chi connectivity index (χ0) is 17.8. The fourth-order valence-electron chi connectivity index (χ4n) is 4.82. The summed E-state index contributed by atoms with van der Waals surface area (Å²) in [5.74, 6) is 0.823. The molecular weight excluding hydrogens is 411 g/mol. The lowest BCUT2D eigenvalue weighted by atomic mass is 9.90. The summed E-state index contributed by atoms with van der Waals surface area (Å²) < 4.78 is 0. The molecule has 0 nitrogen and oxygen atoms in total. The summed E-state index contributed by atoms with van der Waals surface area (Å²) in [6.45, 7) is 2.45. The van der Waals surface area contributed by atoms with Crippen LogP contribution in [-0.4, -0.2) is 5.66 Å². The van der Waals surface area contributed by atoms with Crippen molar-refractivity contribution in [3.63, 3.8) is 0 Å². The molecule has 0 saturated heterocycles. The molecule has 4 rings (SSSR count). The third-order valence-corrected chi connectivity index (χ3v) is 10.8. The van der Waals surface area contributed by atoms with E-state index in [4.69, 9.17) is 0 Å². The molecule has 0 N–H and O–H groups in total. The van der Waals surface area contributed by atoms with Crippen LogP contribution in [0.2, 0.25) is 0 Å². The Kier molecular flexibility index (Phi) is 6.90. The smallest absolute Gasteiger partial charge is 0.115 e. The standard InChI is InChI=1S/C25H28P.BrH/c1-21-12-11-19-25(20-21)26(22-13-5-2-6-14-22,23-15-7-3-8-16-23)24-17-9-4-10-18-24;/h2-10,13-18,21,25H,11-12,19-20H2,1H3;1H/q+1;/p-1. The Morgan fingerprint density at radius 3 is 1.41 bits per heavy atom. The second kappa shape index (κ2) is 9.18. The second-order valence-corrected chi connectivity index (χ2v) is 11.4. The molecule has 3 aromatic carbocycles. The fraction of sp³-hybridized carbons (Fsp3) is 0.280. The van der Waals surface area contributed by atoms with Crippen molar-refractivity contribution in [3.8, 4) is 0 Å². The minimum absolute atomic E-state index is 0. The molecule has 0 bridgehead atoms. The first-order valence-corrected chi connectivity index (χ1v) is 11.7. The summed E-state index contributed by atoms with van der Waals surface area (Å²) in [6, 6.07) is 34.1. The van der Waals surface area contributed by atoms with E-state index >= 15 is 0 Å². The van der Waals surface area contributed by atoms with E-state index < -0.39 is 7.26 Å². The van der Waals surface area contributed by atoms with Gasteiger partial charge in [-0.1, -0.05) is 67.9 Å². The third-order valence-electron chi connectivity index (χ3n) is 5.95. The van der Waals surface area contributed by atoms with Crippen LogP contribution in [0.3, 0.4) is 0 Å². The maximum absolute atomic E-state index is 2.45. The molecule has 0 amide bonds. The minimum atomic E-state index is -1.67.